The van der Waals surface area contributed by atoms with Crippen molar-refractivity contribution in [3.05, 3.63) is 71.7 Å². The largest absolute Gasteiger partial charge is 0.492 e. The van der Waals surface area contributed by atoms with E-state index in [-0.39, 0.29) is 11.9 Å². The van der Waals surface area contributed by atoms with Crippen molar-refractivity contribution in [2.24, 2.45) is 0 Å². The van der Waals surface area contributed by atoms with E-state index >= 15 is 0 Å². The van der Waals surface area contributed by atoms with Gasteiger partial charge >= 0.3 is 0 Å². The highest BCUT2D eigenvalue weighted by molar-refractivity contribution is 5.94. The number of carbonyl (C=O) groups excluding carboxylic acids is 1. The van der Waals surface area contributed by atoms with Crippen molar-refractivity contribution < 1.29 is 14.3 Å². The smallest absolute Gasteiger partial charge is 0.251 e. The number of nitrogens with zero attached hydrogens (tertiary/aromatic N) is 2. The average Bonchev–Trinajstić information content (AvgIpc) is 3.34. The monoisotopic (exact) mass is 430 g/mol. The van der Waals surface area contributed by atoms with Crippen LogP contribution in [0.3, 0.4) is 0 Å². The summed E-state index contributed by atoms with van der Waals surface area (Å²) < 4.78 is 11.3. The van der Waals surface area contributed by atoms with E-state index in [9.17, 15) is 4.79 Å². The van der Waals surface area contributed by atoms with Crippen LogP contribution in [-0.2, 0) is 17.7 Å². The van der Waals surface area contributed by atoms with E-state index in [4.69, 9.17) is 9.47 Å². The summed E-state index contributed by atoms with van der Waals surface area (Å²) in [5, 5.41) is 6.56. The standard InChI is InChI=1S/C25H26N4O3/c30-25(29-20-6-11-31-12-7-20)19-3-1-2-17(14-19)15-27-24-21-8-13-32-23(21)22(16-28-24)18-4-9-26-10-5-18/h1-5,9-10,14,16,20H,6-8,11-13,15H2,(H,27,28)(H,29,30). The highest BCUT2D eigenvalue weighted by Crippen LogP contribution is 2.39. The highest BCUT2D eigenvalue weighted by Gasteiger charge is 2.22. The van der Waals surface area contributed by atoms with Gasteiger partial charge in [-0.05, 0) is 48.2 Å². The molecule has 1 amide bonds. The molecule has 0 bridgehead atoms. The number of anilines is 1. The molecule has 0 spiro atoms. The zero-order valence-corrected chi connectivity index (χ0v) is 17.8. The third-order valence-corrected chi connectivity index (χ3v) is 5.92. The second kappa shape index (κ2) is 9.36. The van der Waals surface area contributed by atoms with Crippen LogP contribution in [0.25, 0.3) is 11.1 Å². The number of ether oxygens (including phenoxy) is 2. The van der Waals surface area contributed by atoms with Gasteiger partial charge < -0.3 is 20.1 Å². The predicted octanol–water partition coefficient (Wildman–Crippen LogP) is 3.60. The molecule has 32 heavy (non-hydrogen) atoms. The molecule has 1 fully saturated rings. The van der Waals surface area contributed by atoms with E-state index in [1.54, 1.807) is 12.4 Å². The normalized spacial score (nSPS) is 15.6. The Bertz CT molecular complexity index is 1100. The van der Waals surface area contributed by atoms with Crippen molar-refractivity contribution in [3.63, 3.8) is 0 Å². The number of aromatic nitrogens is 2. The van der Waals surface area contributed by atoms with Gasteiger partial charge in [0.05, 0.1) is 6.61 Å². The van der Waals surface area contributed by atoms with Crippen LogP contribution in [0.2, 0.25) is 0 Å². The molecule has 2 aromatic heterocycles. The second-order valence-electron chi connectivity index (χ2n) is 8.08. The summed E-state index contributed by atoms with van der Waals surface area (Å²) in [6, 6.07) is 11.8. The lowest BCUT2D eigenvalue weighted by Gasteiger charge is -2.23. The fraction of sp³-hybridized carbons (Fsp3) is 0.320. The van der Waals surface area contributed by atoms with Gasteiger partial charge in [-0.25, -0.2) is 4.98 Å². The molecular weight excluding hydrogens is 404 g/mol. The summed E-state index contributed by atoms with van der Waals surface area (Å²) in [7, 11) is 0. The SMILES string of the molecule is O=C(NC1CCOCC1)c1cccc(CNc2ncc(-c3ccncc3)c3c2CCO3)c1. The molecule has 2 aliphatic rings. The molecule has 5 rings (SSSR count). The van der Waals surface area contributed by atoms with Crippen LogP contribution in [0.15, 0.2) is 55.0 Å². The molecule has 4 heterocycles. The van der Waals surface area contributed by atoms with E-state index in [1.165, 1.54) is 0 Å². The van der Waals surface area contributed by atoms with Gasteiger partial charge in [-0.3, -0.25) is 9.78 Å². The number of fused-ring (bicyclic) bond motifs is 1. The number of carbonyl (C=O) groups is 1. The first-order valence-corrected chi connectivity index (χ1v) is 11.0. The maximum absolute atomic E-state index is 12.7. The third kappa shape index (κ3) is 4.43. The van der Waals surface area contributed by atoms with Crippen LogP contribution in [0.4, 0.5) is 5.82 Å². The Morgan fingerprint density at radius 1 is 1.09 bits per heavy atom. The van der Waals surface area contributed by atoms with E-state index in [1.807, 2.05) is 42.6 Å². The van der Waals surface area contributed by atoms with Crippen LogP contribution in [0.1, 0.15) is 34.3 Å². The van der Waals surface area contributed by atoms with E-state index < -0.39 is 0 Å². The molecule has 1 saturated heterocycles. The number of hydrogen-bond donors (Lipinski definition) is 2. The van der Waals surface area contributed by atoms with Gasteiger partial charge in [-0.2, -0.15) is 0 Å². The van der Waals surface area contributed by atoms with Crippen LogP contribution >= 0.6 is 0 Å². The first kappa shape index (κ1) is 20.5. The molecule has 1 aromatic carbocycles. The predicted molar refractivity (Wildman–Crippen MR) is 122 cm³/mol. The second-order valence-corrected chi connectivity index (χ2v) is 8.08. The number of nitrogens with one attached hydrogen (secondary N) is 2. The Kier molecular flexibility index (Phi) is 5.98. The molecule has 3 aromatic rings. The molecule has 0 saturated carbocycles. The summed E-state index contributed by atoms with van der Waals surface area (Å²) in [4.78, 5) is 21.4. The summed E-state index contributed by atoms with van der Waals surface area (Å²) in [5.74, 6) is 1.68. The molecule has 7 nitrogen and oxygen atoms in total. The highest BCUT2D eigenvalue weighted by atomic mass is 16.5. The Labute approximate surface area is 187 Å². The van der Waals surface area contributed by atoms with Crippen molar-refractivity contribution in [2.45, 2.75) is 31.8 Å². The van der Waals surface area contributed by atoms with Crippen molar-refractivity contribution in [1.29, 1.82) is 0 Å². The summed E-state index contributed by atoms with van der Waals surface area (Å²) >= 11 is 0. The van der Waals surface area contributed by atoms with Crippen LogP contribution < -0.4 is 15.4 Å². The van der Waals surface area contributed by atoms with Crippen LogP contribution in [0, 0.1) is 0 Å². The fourth-order valence-electron chi connectivity index (χ4n) is 4.20. The Hall–Kier alpha value is -3.45. The number of pyridine rings is 2. The number of amides is 1. The number of rotatable bonds is 6. The molecule has 0 radical (unpaired) electrons. The first-order chi connectivity index (χ1) is 15.8. The minimum atomic E-state index is -0.0344. The van der Waals surface area contributed by atoms with Gasteiger partial charge in [0, 0.05) is 67.5 Å². The molecule has 0 aliphatic carbocycles. The minimum absolute atomic E-state index is 0.0344. The summed E-state index contributed by atoms with van der Waals surface area (Å²) in [5.41, 5.74) is 4.81. The van der Waals surface area contributed by atoms with Gasteiger partial charge in [0.25, 0.3) is 5.91 Å². The summed E-state index contributed by atoms with van der Waals surface area (Å²) in [6.45, 7) is 2.63. The van der Waals surface area contributed by atoms with Gasteiger partial charge in [0.1, 0.15) is 11.6 Å². The number of benzene rings is 1. The van der Waals surface area contributed by atoms with E-state index in [2.05, 4.69) is 20.6 Å². The molecule has 0 unspecified atom stereocenters. The number of hydrogen-bond acceptors (Lipinski definition) is 6. The molecule has 2 aliphatic heterocycles. The van der Waals surface area contributed by atoms with Crippen molar-refractivity contribution in [1.82, 2.24) is 15.3 Å². The molecule has 0 atom stereocenters. The minimum Gasteiger partial charge on any atom is -0.492 e. The zero-order valence-electron chi connectivity index (χ0n) is 17.8. The van der Waals surface area contributed by atoms with Gasteiger partial charge in [-0.1, -0.05) is 12.1 Å². The topological polar surface area (TPSA) is 85.4 Å². The molecule has 2 N–H and O–H groups in total. The molecular formula is C25H26N4O3. The average molecular weight is 431 g/mol. The van der Waals surface area contributed by atoms with E-state index in [0.717, 1.165) is 53.1 Å². The Balaban J connectivity index is 1.28. The van der Waals surface area contributed by atoms with Gasteiger partial charge in [-0.15, -0.1) is 0 Å². The van der Waals surface area contributed by atoms with Crippen molar-refractivity contribution in [2.75, 3.05) is 25.1 Å². The van der Waals surface area contributed by atoms with Gasteiger partial charge in [0.2, 0.25) is 0 Å². The Morgan fingerprint density at radius 3 is 2.78 bits per heavy atom. The lowest BCUT2D eigenvalue weighted by molar-refractivity contribution is 0.0696. The third-order valence-electron chi connectivity index (χ3n) is 5.92. The van der Waals surface area contributed by atoms with E-state index in [0.29, 0.717) is 31.9 Å². The van der Waals surface area contributed by atoms with Crippen molar-refractivity contribution >= 4 is 11.7 Å². The maximum atomic E-state index is 12.7. The molecule has 7 heteroatoms. The Morgan fingerprint density at radius 2 is 1.94 bits per heavy atom. The summed E-state index contributed by atoms with van der Waals surface area (Å²) in [6.07, 6.45) is 7.93. The van der Waals surface area contributed by atoms with Gasteiger partial charge in [0.15, 0.2) is 0 Å². The first-order valence-electron chi connectivity index (χ1n) is 11.0. The maximum Gasteiger partial charge on any atom is 0.251 e. The fourth-order valence-corrected chi connectivity index (χ4v) is 4.20. The quantitative estimate of drug-likeness (QED) is 0.622. The van der Waals surface area contributed by atoms with Crippen molar-refractivity contribution in [3.8, 4) is 16.9 Å². The lowest BCUT2D eigenvalue weighted by Crippen LogP contribution is -2.38. The van der Waals surface area contributed by atoms with Crippen LogP contribution in [-0.4, -0.2) is 41.7 Å². The lowest BCUT2D eigenvalue weighted by atomic mass is 10.0. The zero-order chi connectivity index (χ0) is 21.8. The molecule has 164 valence electrons. The van der Waals surface area contributed by atoms with Crippen LogP contribution in [0.5, 0.6) is 5.75 Å².